The molecule has 4 aliphatic rings. The molecule has 2 heterocycles. The maximum Gasteiger partial charge on any atom is 0.494 e. The van der Waals surface area contributed by atoms with Crippen LogP contribution >= 0.6 is 31.9 Å². The minimum absolute atomic E-state index is 0.0103. The molecule has 0 atom stereocenters. The summed E-state index contributed by atoms with van der Waals surface area (Å²) in [6, 6.07) is 123. The average molecular weight is 1930 g/mol. The highest BCUT2D eigenvalue weighted by molar-refractivity contribution is 9.10. The van der Waals surface area contributed by atoms with E-state index in [0.29, 0.717) is 0 Å². The Bertz CT molecular complexity index is 6060. The third kappa shape index (κ3) is 21.6. The van der Waals surface area contributed by atoms with Crippen molar-refractivity contribution in [3.05, 3.63) is 382 Å². The van der Waals surface area contributed by atoms with Gasteiger partial charge < -0.3 is 57.8 Å². The average Bonchev–Trinajstić information content (AvgIpc) is 1.57. The van der Waals surface area contributed by atoms with Crippen LogP contribution in [0.2, 0.25) is 0 Å². The normalized spacial score (nSPS) is 15.3. The van der Waals surface area contributed by atoms with Crippen LogP contribution in [0.4, 0.5) is 68.2 Å². The van der Waals surface area contributed by atoms with Crippen molar-refractivity contribution in [2.75, 3.05) is 102 Å². The van der Waals surface area contributed by atoms with E-state index in [1.54, 1.807) is 0 Å². The maximum atomic E-state index is 6.36. The predicted molar refractivity (Wildman–Crippen MR) is 583 cm³/mol. The Morgan fingerprint density at radius 1 is 0.235 bits per heavy atom. The summed E-state index contributed by atoms with van der Waals surface area (Å²) in [6.07, 6.45) is 9.38. The van der Waals surface area contributed by atoms with Crippen molar-refractivity contribution >= 4 is 125 Å². The van der Waals surface area contributed by atoms with Crippen molar-refractivity contribution in [3.8, 4) is 33.4 Å². The van der Waals surface area contributed by atoms with Crippen molar-refractivity contribution in [1.82, 2.24) is 19.6 Å². The maximum absolute atomic E-state index is 6.36. The lowest BCUT2D eigenvalue weighted by atomic mass is 9.70. The van der Waals surface area contributed by atoms with Gasteiger partial charge in [-0.1, -0.05) is 207 Å². The summed E-state index contributed by atoms with van der Waals surface area (Å²) in [5.41, 5.74) is 30.3. The SMILES string of the molecule is CC1(C)OB(c2ccc(N(c3ccc(B4OC(C)(C)C(C)(C)O4)cc3)c3ccc(N(c4ccccc4)c4ccccc4)cc3)cc2)OC1(C)C.CN(C)CCCC1(CCCN(C)C)c2cc(Br)ccc2-c2ccc(Br)cc21.Cc1ccc(N(c2ccc(-c3ccc4c(c3)C(CCCN(C)C)(CCCN(C)C)c3cc(C)ccc3-4)cc2)c2ccc(N(c3ccccc3)c3ccccc3)cc2)cc1. The summed E-state index contributed by atoms with van der Waals surface area (Å²) in [6.45, 7) is 25.5. The quantitative estimate of drug-likeness (QED) is 0.0389. The second-order valence-electron chi connectivity index (χ2n) is 40.4. The lowest BCUT2D eigenvalue weighted by Crippen LogP contribution is -2.41. The molecule has 0 unspecified atom stereocenters. The number of para-hydroxylation sites is 4. The fourth-order valence-corrected chi connectivity index (χ4v) is 20.7. The van der Waals surface area contributed by atoms with Crippen molar-refractivity contribution in [3.63, 3.8) is 0 Å². The number of benzene rings is 14. The molecule has 0 saturated carbocycles. The lowest BCUT2D eigenvalue weighted by Gasteiger charge is -2.34. The molecule has 12 nitrogen and oxygen atoms in total. The molecule has 0 spiro atoms. The monoisotopic (exact) mass is 1930 g/mol. The molecule has 18 rings (SSSR count). The first kappa shape index (κ1) is 98.1. The molecule has 136 heavy (non-hydrogen) atoms. The molecular formula is C120H134B2Br2N8O4. The van der Waals surface area contributed by atoms with Crippen LogP contribution in [0, 0.1) is 13.8 Å². The first-order valence-corrected chi connectivity index (χ1v) is 50.0. The zero-order valence-corrected chi connectivity index (χ0v) is 86.1. The Balaban J connectivity index is 0.000000158. The highest BCUT2D eigenvalue weighted by Gasteiger charge is 2.53. The highest BCUT2D eigenvalue weighted by atomic mass is 79.9. The van der Waals surface area contributed by atoms with Gasteiger partial charge in [-0.2, -0.15) is 0 Å². The first-order chi connectivity index (χ1) is 65.3. The second kappa shape index (κ2) is 42.2. The van der Waals surface area contributed by atoms with E-state index in [4.69, 9.17) is 18.6 Å². The van der Waals surface area contributed by atoms with Gasteiger partial charge in [-0.05, 0) is 446 Å². The summed E-state index contributed by atoms with van der Waals surface area (Å²) in [7, 11) is 16.6. The van der Waals surface area contributed by atoms with Crippen LogP contribution in [0.3, 0.4) is 0 Å². The summed E-state index contributed by atoms with van der Waals surface area (Å²) < 4.78 is 27.8. The van der Waals surface area contributed by atoms with E-state index < -0.39 is 36.6 Å². The summed E-state index contributed by atoms with van der Waals surface area (Å²) in [5, 5.41) is 0. The van der Waals surface area contributed by atoms with Crippen LogP contribution in [-0.4, -0.2) is 139 Å². The Kier molecular flexibility index (Phi) is 30.4. The van der Waals surface area contributed by atoms with Crippen LogP contribution in [0.25, 0.3) is 33.4 Å². The summed E-state index contributed by atoms with van der Waals surface area (Å²) >= 11 is 7.47. The van der Waals surface area contributed by atoms with Gasteiger partial charge in [0.15, 0.2) is 0 Å². The van der Waals surface area contributed by atoms with Crippen molar-refractivity contribution < 1.29 is 18.6 Å². The van der Waals surface area contributed by atoms with Gasteiger partial charge in [-0.15, -0.1) is 0 Å². The van der Waals surface area contributed by atoms with Crippen molar-refractivity contribution in [2.24, 2.45) is 0 Å². The van der Waals surface area contributed by atoms with E-state index in [9.17, 15) is 0 Å². The fraction of sp³-hybridized carbons (Fsp3) is 0.300. The molecule has 0 aromatic heterocycles. The zero-order valence-electron chi connectivity index (χ0n) is 82.9. The Morgan fingerprint density at radius 3 is 0.743 bits per heavy atom. The molecule has 0 bridgehead atoms. The van der Waals surface area contributed by atoms with E-state index in [0.717, 1.165) is 131 Å². The first-order valence-electron chi connectivity index (χ1n) is 48.4. The molecule has 2 aliphatic heterocycles. The van der Waals surface area contributed by atoms with Crippen molar-refractivity contribution in [1.29, 1.82) is 0 Å². The standard InChI is InChI=1S/C55H58N4.C42H46B2N2O4.C23H30Br2N2/c1-41-19-25-47(26-20-41)59(50-31-29-49(30-32-50)58(45-15-9-7-10-16-45)46-17-11-8-12-18-46)48-27-22-43(23-28-48)44-24-34-52-51-33-21-42(2)39-53(51)55(54(52)40-44,35-13-37-56(3)4)36-14-38-57(5)6;1-39(2)40(3,4)48-43(47-39)31-19-23-35(24-20-31)46(36-25-21-32(22-26-36)44-49-41(5,6)42(7,8)50-44)38-29-27-37(28-30-38)45(33-15-11-9-12-16-33)34-17-13-10-14-18-34;1-26(2)13-5-11-23(12-6-14-27(3)4)21-15-17(24)7-9-19(21)20-10-8-18(25)16-22(20)23/h7-12,15-34,39-40H,13-14,35-38H2,1-6H3;9-30H,1-8H3;7-10,15-16H,5-6,11-14H2,1-4H3. The van der Waals surface area contributed by atoms with E-state index in [-0.39, 0.29) is 10.8 Å². The smallest absolute Gasteiger partial charge is 0.399 e. The Hall–Kier alpha value is -11.0. The number of hydrogen-bond donors (Lipinski definition) is 0. The topological polar surface area (TPSA) is 62.8 Å². The van der Waals surface area contributed by atoms with Crippen molar-refractivity contribution in [2.45, 2.75) is 154 Å². The van der Waals surface area contributed by atoms with Gasteiger partial charge in [0.1, 0.15) is 0 Å². The number of nitrogens with zero attached hydrogens (tertiary/aromatic N) is 8. The van der Waals surface area contributed by atoms with Gasteiger partial charge >= 0.3 is 14.2 Å². The molecule has 2 aliphatic carbocycles. The van der Waals surface area contributed by atoms with E-state index >= 15 is 0 Å². The molecule has 2 fully saturated rings. The van der Waals surface area contributed by atoms with Crippen LogP contribution in [-0.2, 0) is 29.4 Å². The molecule has 14 aromatic carbocycles. The lowest BCUT2D eigenvalue weighted by molar-refractivity contribution is 0.00578. The number of aryl methyl sites for hydroxylation is 2. The molecule has 0 N–H and O–H groups in total. The molecule has 0 radical (unpaired) electrons. The van der Waals surface area contributed by atoms with Gasteiger partial charge in [0.25, 0.3) is 0 Å². The Morgan fingerprint density at radius 2 is 0.456 bits per heavy atom. The number of hydrogen-bond acceptors (Lipinski definition) is 12. The molecule has 698 valence electrons. The second-order valence-corrected chi connectivity index (χ2v) is 42.3. The molecular weight excluding hydrogens is 1800 g/mol. The summed E-state index contributed by atoms with van der Waals surface area (Å²) in [5.74, 6) is 0. The van der Waals surface area contributed by atoms with E-state index in [1.807, 2.05) is 12.1 Å². The number of halogens is 2. The minimum Gasteiger partial charge on any atom is -0.399 e. The van der Waals surface area contributed by atoms with E-state index in [1.165, 1.54) is 101 Å². The van der Waals surface area contributed by atoms with Crippen LogP contribution in [0.15, 0.2) is 349 Å². The zero-order chi connectivity index (χ0) is 95.9. The number of anilines is 12. The van der Waals surface area contributed by atoms with Crippen LogP contribution in [0.5, 0.6) is 0 Å². The fourth-order valence-electron chi connectivity index (χ4n) is 20.0. The molecule has 16 heteroatoms. The Labute approximate surface area is 828 Å². The molecule has 2 saturated heterocycles. The molecule has 0 amide bonds. The van der Waals surface area contributed by atoms with Gasteiger partial charge in [0.05, 0.1) is 22.4 Å². The number of rotatable bonds is 31. The number of fused-ring (bicyclic) bond motifs is 6. The van der Waals surface area contributed by atoms with Gasteiger partial charge in [0.2, 0.25) is 0 Å². The third-order valence-corrected chi connectivity index (χ3v) is 29.5. The van der Waals surface area contributed by atoms with Gasteiger partial charge in [0, 0.05) is 88.0 Å². The largest absolute Gasteiger partial charge is 0.494 e. The van der Waals surface area contributed by atoms with Crippen LogP contribution < -0.4 is 30.5 Å². The van der Waals surface area contributed by atoms with E-state index in [2.05, 4.69) is 524 Å². The molecule has 14 aromatic rings. The van der Waals surface area contributed by atoms with Gasteiger partial charge in [-0.3, -0.25) is 0 Å². The minimum atomic E-state index is -0.428. The highest BCUT2D eigenvalue weighted by Crippen LogP contribution is 2.58. The summed E-state index contributed by atoms with van der Waals surface area (Å²) in [4.78, 5) is 18.5. The van der Waals surface area contributed by atoms with Crippen LogP contribution in [0.1, 0.15) is 140 Å². The predicted octanol–water partition coefficient (Wildman–Crippen LogP) is 29.2. The van der Waals surface area contributed by atoms with Gasteiger partial charge in [-0.25, -0.2) is 0 Å². The third-order valence-electron chi connectivity index (χ3n) is 28.5.